The molecule has 9 atom stereocenters. The van der Waals surface area contributed by atoms with E-state index in [0.717, 1.165) is 51.4 Å². The quantitative estimate of drug-likeness (QED) is 0.0102. The van der Waals surface area contributed by atoms with Crippen molar-refractivity contribution in [1.82, 2.24) is 0 Å². The number of phosphoric ester groups is 1. The van der Waals surface area contributed by atoms with Crippen molar-refractivity contribution in [3.8, 4) is 0 Å². The molecule has 1 rings (SSSR count). The van der Waals surface area contributed by atoms with Crippen LogP contribution in [-0.2, 0) is 32.7 Å². The molecule has 0 saturated heterocycles. The number of hydrogen-bond acceptors (Lipinski definition) is 13. The fourth-order valence-corrected chi connectivity index (χ4v) is 7.89. The number of allylic oxidation sites excluding steroid dienone is 7. The highest BCUT2D eigenvalue weighted by molar-refractivity contribution is 7.47. The van der Waals surface area contributed by atoms with E-state index in [0.29, 0.717) is 25.7 Å². The van der Waals surface area contributed by atoms with Gasteiger partial charge in [-0.05, 0) is 38.5 Å². The first-order valence-corrected chi connectivity index (χ1v) is 25.0. The minimum absolute atomic E-state index is 0.00120. The van der Waals surface area contributed by atoms with Crippen LogP contribution >= 0.6 is 7.82 Å². The van der Waals surface area contributed by atoms with Crippen molar-refractivity contribution >= 4 is 19.8 Å². The van der Waals surface area contributed by atoms with Gasteiger partial charge in [0.15, 0.2) is 6.10 Å². The van der Waals surface area contributed by atoms with E-state index in [1.54, 1.807) is 6.08 Å². The summed E-state index contributed by atoms with van der Waals surface area (Å²) < 4.78 is 33.4. The van der Waals surface area contributed by atoms with Crippen LogP contribution in [0.1, 0.15) is 174 Å². The number of aliphatic hydroxyl groups excluding tert-OH is 6. The molecule has 7 N–H and O–H groups in total. The molecular formula is C47H83O14P. The maximum Gasteiger partial charge on any atom is 0.472 e. The smallest absolute Gasteiger partial charge is 0.462 e. The van der Waals surface area contributed by atoms with Crippen molar-refractivity contribution in [3.63, 3.8) is 0 Å². The molecule has 15 heteroatoms. The largest absolute Gasteiger partial charge is 0.472 e. The Morgan fingerprint density at radius 2 is 1.06 bits per heavy atom. The van der Waals surface area contributed by atoms with Crippen molar-refractivity contribution in [2.45, 2.75) is 223 Å². The molecule has 14 nitrogen and oxygen atoms in total. The number of aliphatic hydroxyl groups is 6. The molecule has 0 spiro atoms. The molecule has 1 saturated carbocycles. The van der Waals surface area contributed by atoms with E-state index in [4.69, 9.17) is 18.5 Å². The van der Waals surface area contributed by atoms with Crippen molar-refractivity contribution in [3.05, 3.63) is 48.6 Å². The SMILES string of the molecule is CCCCCCCCCCCCCCCCCC(=O)OC[C@H](COP(=O)(O)OC1[C@H](O)[C@H](O)C(O)[C@H](O)[C@H]1O)OC(=O)CCC/C=C\C/C=C\C/C=C\C=C\[C@@H](O)CCCCC. The third-order valence-corrected chi connectivity index (χ3v) is 11.8. The van der Waals surface area contributed by atoms with Gasteiger partial charge in [0.2, 0.25) is 0 Å². The number of esters is 2. The second-order valence-corrected chi connectivity index (χ2v) is 17.9. The molecule has 0 aromatic rings. The Balaban J connectivity index is 2.52. The summed E-state index contributed by atoms with van der Waals surface area (Å²) in [5, 5.41) is 60.0. The summed E-state index contributed by atoms with van der Waals surface area (Å²) in [5.41, 5.74) is 0. The molecule has 0 aromatic heterocycles. The van der Waals surface area contributed by atoms with E-state index < -0.39 is 81.8 Å². The first kappa shape index (κ1) is 57.8. The Morgan fingerprint density at radius 1 is 0.581 bits per heavy atom. The van der Waals surface area contributed by atoms with Gasteiger partial charge in [0.1, 0.15) is 43.2 Å². The lowest BCUT2D eigenvalue weighted by molar-refractivity contribution is -0.220. The molecule has 3 unspecified atom stereocenters. The lowest BCUT2D eigenvalue weighted by Crippen LogP contribution is -2.64. The molecule has 0 radical (unpaired) electrons. The normalized spacial score (nSPS) is 22.8. The summed E-state index contributed by atoms with van der Waals surface area (Å²) in [6.45, 7) is 3.13. The fourth-order valence-electron chi connectivity index (χ4n) is 6.92. The molecule has 62 heavy (non-hydrogen) atoms. The van der Waals surface area contributed by atoms with Crippen LogP contribution in [0.4, 0.5) is 0 Å². The molecule has 0 aromatic carbocycles. The van der Waals surface area contributed by atoms with Crippen LogP contribution in [-0.4, -0.2) is 110 Å². The van der Waals surface area contributed by atoms with Gasteiger partial charge in [-0.2, -0.15) is 0 Å². The predicted octanol–water partition coefficient (Wildman–Crippen LogP) is 8.14. The number of carbonyl (C=O) groups is 2. The van der Waals surface area contributed by atoms with Gasteiger partial charge >= 0.3 is 19.8 Å². The molecule has 0 heterocycles. The number of unbranched alkanes of at least 4 members (excludes halogenated alkanes) is 17. The van der Waals surface area contributed by atoms with Crippen LogP contribution in [0, 0.1) is 0 Å². The molecule has 0 amide bonds. The van der Waals surface area contributed by atoms with Gasteiger partial charge in [-0.3, -0.25) is 18.6 Å². The van der Waals surface area contributed by atoms with Gasteiger partial charge in [0.25, 0.3) is 0 Å². The lowest BCUT2D eigenvalue weighted by Gasteiger charge is -2.41. The van der Waals surface area contributed by atoms with E-state index >= 15 is 0 Å². The molecule has 1 aliphatic rings. The highest BCUT2D eigenvalue weighted by Crippen LogP contribution is 2.47. The Morgan fingerprint density at radius 3 is 1.65 bits per heavy atom. The summed E-state index contributed by atoms with van der Waals surface area (Å²) in [5.74, 6) is -1.19. The van der Waals surface area contributed by atoms with Crippen molar-refractivity contribution in [2.24, 2.45) is 0 Å². The second kappa shape index (κ2) is 37.0. The van der Waals surface area contributed by atoms with Crippen LogP contribution in [0.5, 0.6) is 0 Å². The van der Waals surface area contributed by atoms with Crippen molar-refractivity contribution in [1.29, 1.82) is 0 Å². The van der Waals surface area contributed by atoms with Crippen molar-refractivity contribution in [2.75, 3.05) is 13.2 Å². The van der Waals surface area contributed by atoms with Gasteiger partial charge in [0.05, 0.1) is 12.7 Å². The maximum absolute atomic E-state index is 12.8. The zero-order chi connectivity index (χ0) is 45.9. The van der Waals surface area contributed by atoms with Crippen LogP contribution in [0.3, 0.4) is 0 Å². The van der Waals surface area contributed by atoms with Crippen LogP contribution < -0.4 is 0 Å². The van der Waals surface area contributed by atoms with Crippen LogP contribution in [0.15, 0.2) is 48.6 Å². The van der Waals surface area contributed by atoms with E-state index in [1.165, 1.54) is 70.6 Å². The molecule has 1 aliphatic carbocycles. The zero-order valence-corrected chi connectivity index (χ0v) is 38.7. The standard InChI is InChI=1S/C47H83O14P/c1-3-5-7-8-9-10-11-12-13-14-17-20-23-26-30-34-40(49)58-36-39(37-59-62(56,57)61-47-45(54)43(52)42(51)44(53)46(47)55)60-41(50)35-31-27-24-21-18-15-16-19-22-25-29-33-38(48)32-28-6-4-2/h15-16,21-22,24-25,29,33,38-39,42-48,51-55H,3-14,17-20,23,26-28,30-32,34-37H2,1-2H3,(H,56,57)/b16-15-,24-21-,25-22-,33-29+/t38-,39+,42?,43-,44+,45+,46+,47?/m0/s1. The third kappa shape index (κ3) is 29.3. The number of rotatable bonds is 38. The molecule has 0 bridgehead atoms. The molecule has 0 aliphatic heterocycles. The van der Waals surface area contributed by atoms with E-state index in [1.807, 2.05) is 42.5 Å². The van der Waals surface area contributed by atoms with Gasteiger partial charge in [-0.1, -0.05) is 172 Å². The minimum Gasteiger partial charge on any atom is -0.462 e. The average Bonchev–Trinajstić information content (AvgIpc) is 3.25. The van der Waals surface area contributed by atoms with Crippen LogP contribution in [0.2, 0.25) is 0 Å². The first-order chi connectivity index (χ1) is 29.8. The molecule has 360 valence electrons. The second-order valence-electron chi connectivity index (χ2n) is 16.5. The van der Waals surface area contributed by atoms with E-state index in [9.17, 15) is 49.7 Å². The summed E-state index contributed by atoms with van der Waals surface area (Å²) in [7, 11) is -5.14. The topological polar surface area (TPSA) is 230 Å². The fraction of sp³-hybridized carbons (Fsp3) is 0.787. The molecular weight excluding hydrogens is 819 g/mol. The summed E-state index contributed by atoms with van der Waals surface area (Å²) in [6, 6.07) is 0. The summed E-state index contributed by atoms with van der Waals surface area (Å²) in [4.78, 5) is 35.7. The Hall–Kier alpha value is -2.23. The molecule has 1 fully saturated rings. The van der Waals surface area contributed by atoms with Crippen LogP contribution in [0.25, 0.3) is 0 Å². The highest BCUT2D eigenvalue weighted by Gasteiger charge is 2.51. The number of hydrogen-bond donors (Lipinski definition) is 7. The van der Waals surface area contributed by atoms with Gasteiger partial charge in [0, 0.05) is 12.8 Å². The number of ether oxygens (including phenoxy) is 2. The maximum atomic E-state index is 12.8. The zero-order valence-electron chi connectivity index (χ0n) is 37.8. The van der Waals surface area contributed by atoms with E-state index in [-0.39, 0.29) is 12.8 Å². The average molecular weight is 903 g/mol. The Kier molecular flexibility index (Phi) is 34.5. The first-order valence-electron chi connectivity index (χ1n) is 23.5. The Bertz CT molecular complexity index is 1290. The van der Waals surface area contributed by atoms with Gasteiger partial charge in [-0.25, -0.2) is 4.57 Å². The van der Waals surface area contributed by atoms with Crippen molar-refractivity contribution < 1.29 is 68.2 Å². The number of carbonyl (C=O) groups excluding carboxylic acids is 2. The predicted molar refractivity (Wildman–Crippen MR) is 241 cm³/mol. The number of phosphoric acid groups is 1. The summed E-state index contributed by atoms with van der Waals surface area (Å²) >= 11 is 0. The lowest BCUT2D eigenvalue weighted by atomic mass is 9.85. The van der Waals surface area contributed by atoms with E-state index in [2.05, 4.69) is 13.8 Å². The van der Waals surface area contributed by atoms with Gasteiger partial charge < -0.3 is 45.0 Å². The Labute approximate surface area is 372 Å². The third-order valence-electron chi connectivity index (χ3n) is 10.8. The van der Waals surface area contributed by atoms with Gasteiger partial charge in [-0.15, -0.1) is 0 Å². The highest BCUT2D eigenvalue weighted by atomic mass is 31.2. The summed E-state index contributed by atoms with van der Waals surface area (Å²) in [6.07, 6.45) is 26.3. The monoisotopic (exact) mass is 903 g/mol. The minimum atomic E-state index is -5.14.